The van der Waals surface area contributed by atoms with Crippen LogP contribution in [0.25, 0.3) is 0 Å². The smallest absolute Gasteiger partial charge is 0.346 e. The van der Waals surface area contributed by atoms with E-state index in [-0.39, 0.29) is 5.69 Å². The second kappa shape index (κ2) is 6.49. The fourth-order valence-electron chi connectivity index (χ4n) is 2.86. The van der Waals surface area contributed by atoms with Crippen molar-refractivity contribution in [3.05, 3.63) is 75.3 Å². The first-order valence-corrected chi connectivity index (χ1v) is 8.33. The predicted octanol–water partition coefficient (Wildman–Crippen LogP) is 3.77. The van der Waals surface area contributed by atoms with Crippen molar-refractivity contribution in [3.8, 4) is 6.07 Å². The van der Waals surface area contributed by atoms with E-state index < -0.39 is 28.2 Å². The molecule has 1 aliphatic rings. The minimum atomic E-state index is -1.36. The number of non-ortho nitro benzene ring substituents is 1. The Morgan fingerprint density at radius 2 is 1.78 bits per heavy atom. The highest BCUT2D eigenvalue weighted by Crippen LogP contribution is 2.58. The third kappa shape index (κ3) is 3.52. The Bertz CT molecular complexity index is 923. The lowest BCUT2D eigenvalue weighted by Gasteiger charge is -2.23. The molecule has 27 heavy (non-hydrogen) atoms. The molecule has 138 valence electrons. The molecule has 2 aromatic carbocycles. The SMILES string of the molecule is CC(C)(C)OC(=O)C1(c2ccc([N+](=O)[O-])cc2)OC1c1ccc(C#N)cc1. The normalized spacial score (nSPS) is 21.2. The van der Waals surface area contributed by atoms with E-state index in [1.807, 2.05) is 6.07 Å². The molecule has 0 N–H and O–H groups in total. The maximum Gasteiger partial charge on any atom is 0.346 e. The van der Waals surface area contributed by atoms with Crippen molar-refractivity contribution in [2.75, 3.05) is 0 Å². The summed E-state index contributed by atoms with van der Waals surface area (Å²) in [4.78, 5) is 23.3. The number of carbonyl (C=O) groups is 1. The number of nitrogens with zero attached hydrogens (tertiary/aromatic N) is 2. The number of esters is 1. The van der Waals surface area contributed by atoms with Crippen LogP contribution in [0.15, 0.2) is 48.5 Å². The van der Waals surface area contributed by atoms with Crippen LogP contribution in [0.3, 0.4) is 0 Å². The standard InChI is InChI=1S/C20H18N2O5/c1-19(2,3)27-18(23)20(15-8-10-16(11-9-15)22(24)25)17(26-20)14-6-4-13(12-21)5-7-14/h4-11,17H,1-3H3. The number of ether oxygens (including phenoxy) is 2. The molecular formula is C20H18N2O5. The van der Waals surface area contributed by atoms with E-state index in [4.69, 9.17) is 14.7 Å². The molecule has 0 spiro atoms. The highest BCUT2D eigenvalue weighted by atomic mass is 16.7. The van der Waals surface area contributed by atoms with Gasteiger partial charge in [-0.3, -0.25) is 10.1 Å². The Labute approximate surface area is 156 Å². The number of carbonyl (C=O) groups excluding carboxylic acids is 1. The van der Waals surface area contributed by atoms with Crippen LogP contribution in [0.1, 0.15) is 43.6 Å². The first kappa shape index (κ1) is 18.5. The zero-order valence-corrected chi connectivity index (χ0v) is 15.1. The van der Waals surface area contributed by atoms with E-state index in [1.54, 1.807) is 45.0 Å². The number of nitriles is 1. The second-order valence-electron chi connectivity index (χ2n) is 7.27. The first-order valence-electron chi connectivity index (χ1n) is 8.33. The third-order valence-corrected chi connectivity index (χ3v) is 4.17. The molecule has 0 aliphatic carbocycles. The maximum absolute atomic E-state index is 12.9. The maximum atomic E-state index is 12.9. The molecule has 0 amide bonds. The summed E-state index contributed by atoms with van der Waals surface area (Å²) in [5.41, 5.74) is -0.455. The van der Waals surface area contributed by atoms with Gasteiger partial charge in [-0.1, -0.05) is 12.1 Å². The van der Waals surface area contributed by atoms with Gasteiger partial charge in [0.1, 0.15) is 11.7 Å². The van der Waals surface area contributed by atoms with E-state index >= 15 is 0 Å². The van der Waals surface area contributed by atoms with Crippen LogP contribution in [0.2, 0.25) is 0 Å². The largest absolute Gasteiger partial charge is 0.457 e. The number of benzene rings is 2. The third-order valence-electron chi connectivity index (χ3n) is 4.17. The lowest BCUT2D eigenvalue weighted by molar-refractivity contribution is -0.384. The first-order chi connectivity index (χ1) is 12.7. The number of hydrogen-bond donors (Lipinski definition) is 0. The molecule has 1 fully saturated rings. The van der Waals surface area contributed by atoms with E-state index in [2.05, 4.69) is 0 Å². The van der Waals surface area contributed by atoms with Gasteiger partial charge in [0, 0.05) is 12.1 Å². The van der Waals surface area contributed by atoms with Crippen molar-refractivity contribution in [2.24, 2.45) is 0 Å². The van der Waals surface area contributed by atoms with E-state index in [9.17, 15) is 14.9 Å². The van der Waals surface area contributed by atoms with Gasteiger partial charge in [-0.05, 0) is 56.2 Å². The molecule has 0 radical (unpaired) electrons. The molecule has 2 unspecified atom stereocenters. The van der Waals surface area contributed by atoms with Crippen LogP contribution in [-0.2, 0) is 19.9 Å². The summed E-state index contributed by atoms with van der Waals surface area (Å²) in [6.07, 6.45) is -0.596. The van der Waals surface area contributed by atoms with Crippen molar-refractivity contribution in [1.29, 1.82) is 5.26 Å². The van der Waals surface area contributed by atoms with Crippen LogP contribution in [0.4, 0.5) is 5.69 Å². The summed E-state index contributed by atoms with van der Waals surface area (Å²) < 4.78 is 11.4. The number of nitro benzene ring substituents is 1. The average Bonchev–Trinajstić information content (AvgIpc) is 3.37. The molecule has 0 bridgehead atoms. The van der Waals surface area contributed by atoms with Crippen molar-refractivity contribution in [1.82, 2.24) is 0 Å². The van der Waals surface area contributed by atoms with Gasteiger partial charge in [-0.2, -0.15) is 5.26 Å². The van der Waals surface area contributed by atoms with Crippen LogP contribution in [-0.4, -0.2) is 16.5 Å². The van der Waals surface area contributed by atoms with Gasteiger partial charge in [0.05, 0.1) is 16.6 Å². The summed E-state index contributed by atoms with van der Waals surface area (Å²) in [6, 6.07) is 14.5. The van der Waals surface area contributed by atoms with Crippen LogP contribution >= 0.6 is 0 Å². The Morgan fingerprint density at radius 1 is 1.19 bits per heavy atom. The molecule has 0 aromatic heterocycles. The molecule has 7 heteroatoms. The zero-order valence-electron chi connectivity index (χ0n) is 15.1. The lowest BCUT2D eigenvalue weighted by Crippen LogP contribution is -2.33. The minimum absolute atomic E-state index is 0.0753. The molecule has 7 nitrogen and oxygen atoms in total. The molecule has 1 saturated heterocycles. The number of rotatable bonds is 4. The topological polar surface area (TPSA) is 106 Å². The fourth-order valence-corrected chi connectivity index (χ4v) is 2.86. The summed E-state index contributed by atoms with van der Waals surface area (Å²) in [7, 11) is 0. The Kier molecular flexibility index (Phi) is 4.46. The van der Waals surface area contributed by atoms with E-state index in [0.29, 0.717) is 11.1 Å². The number of hydrogen-bond acceptors (Lipinski definition) is 6. The molecular weight excluding hydrogens is 348 g/mol. The van der Waals surface area contributed by atoms with Crippen molar-refractivity contribution in [3.63, 3.8) is 0 Å². The second-order valence-corrected chi connectivity index (χ2v) is 7.27. The van der Waals surface area contributed by atoms with Crippen LogP contribution < -0.4 is 0 Å². The van der Waals surface area contributed by atoms with Gasteiger partial charge in [0.25, 0.3) is 5.69 Å². The van der Waals surface area contributed by atoms with Gasteiger partial charge in [0.15, 0.2) is 0 Å². The van der Waals surface area contributed by atoms with Gasteiger partial charge in [-0.25, -0.2) is 4.79 Å². The molecule has 0 saturated carbocycles. The van der Waals surface area contributed by atoms with Gasteiger partial charge >= 0.3 is 5.97 Å². The molecule has 1 aliphatic heterocycles. The highest BCUT2D eigenvalue weighted by molar-refractivity contribution is 5.86. The molecule has 1 heterocycles. The summed E-state index contributed by atoms with van der Waals surface area (Å²) >= 11 is 0. The fraction of sp³-hybridized carbons (Fsp3) is 0.300. The Balaban J connectivity index is 1.99. The quantitative estimate of drug-likeness (QED) is 0.353. The van der Waals surface area contributed by atoms with E-state index in [1.165, 1.54) is 24.3 Å². The molecule has 2 aromatic rings. The summed E-state index contributed by atoms with van der Waals surface area (Å²) in [6.45, 7) is 5.27. The van der Waals surface area contributed by atoms with E-state index in [0.717, 1.165) is 5.56 Å². The predicted molar refractivity (Wildman–Crippen MR) is 95.6 cm³/mol. The average molecular weight is 366 g/mol. The van der Waals surface area contributed by atoms with Gasteiger partial charge in [-0.15, -0.1) is 0 Å². The highest BCUT2D eigenvalue weighted by Gasteiger charge is 2.66. The molecule has 2 atom stereocenters. The van der Waals surface area contributed by atoms with Crippen molar-refractivity contribution >= 4 is 11.7 Å². The minimum Gasteiger partial charge on any atom is -0.457 e. The lowest BCUT2D eigenvalue weighted by atomic mass is 9.91. The number of epoxide rings is 1. The summed E-state index contributed by atoms with van der Waals surface area (Å²) in [5, 5.41) is 19.8. The molecule has 3 rings (SSSR count). The monoisotopic (exact) mass is 366 g/mol. The Morgan fingerprint density at radius 3 is 2.26 bits per heavy atom. The number of nitro groups is 1. The summed E-state index contributed by atoms with van der Waals surface area (Å²) in [5.74, 6) is -0.557. The van der Waals surface area contributed by atoms with Gasteiger partial charge in [0.2, 0.25) is 5.60 Å². The van der Waals surface area contributed by atoms with Crippen LogP contribution in [0, 0.1) is 21.4 Å². The Hall–Kier alpha value is -3.24. The van der Waals surface area contributed by atoms with Crippen molar-refractivity contribution < 1.29 is 19.2 Å². The zero-order chi connectivity index (χ0) is 19.8. The van der Waals surface area contributed by atoms with Crippen LogP contribution in [0.5, 0.6) is 0 Å². The van der Waals surface area contributed by atoms with Gasteiger partial charge < -0.3 is 9.47 Å². The van der Waals surface area contributed by atoms with Crippen molar-refractivity contribution in [2.45, 2.75) is 38.1 Å².